The summed E-state index contributed by atoms with van der Waals surface area (Å²) in [7, 11) is 0. The molecule has 25 heavy (non-hydrogen) atoms. The summed E-state index contributed by atoms with van der Waals surface area (Å²) in [6.07, 6.45) is 0.870. The van der Waals surface area contributed by atoms with Crippen molar-refractivity contribution in [2.45, 2.75) is 44.9 Å². The highest BCUT2D eigenvalue weighted by Gasteiger charge is 2.36. The number of hydrogen-bond acceptors (Lipinski definition) is 5. The lowest BCUT2D eigenvalue weighted by Crippen LogP contribution is -2.42. The zero-order valence-corrected chi connectivity index (χ0v) is 15.8. The van der Waals surface area contributed by atoms with Crippen LogP contribution in [0.25, 0.3) is 0 Å². The Morgan fingerprint density at radius 1 is 1.44 bits per heavy atom. The lowest BCUT2D eigenvalue weighted by atomic mass is 10.1. The van der Waals surface area contributed by atoms with Crippen LogP contribution in [-0.2, 0) is 11.3 Å². The van der Waals surface area contributed by atoms with Gasteiger partial charge in [-0.05, 0) is 38.0 Å². The highest BCUT2D eigenvalue weighted by Crippen LogP contribution is 2.22. The first-order valence-electron chi connectivity index (χ1n) is 8.93. The van der Waals surface area contributed by atoms with E-state index in [1.807, 2.05) is 40.9 Å². The molecule has 0 radical (unpaired) electrons. The molecule has 3 rings (SSSR count). The molecule has 0 bridgehead atoms. The minimum Gasteiger partial charge on any atom is -0.331 e. The maximum atomic E-state index is 12.6. The molecule has 0 saturated carbocycles. The molecular formula is C19H26N4OS. The van der Waals surface area contributed by atoms with Crippen LogP contribution in [0, 0.1) is 11.3 Å². The van der Waals surface area contributed by atoms with Crippen molar-refractivity contribution in [2.75, 3.05) is 24.7 Å². The van der Waals surface area contributed by atoms with E-state index in [0.29, 0.717) is 17.6 Å². The van der Waals surface area contributed by atoms with E-state index in [2.05, 4.69) is 30.1 Å². The first-order chi connectivity index (χ1) is 12.1. The lowest BCUT2D eigenvalue weighted by molar-refractivity contribution is -0.131. The molecule has 1 N–H and O–H groups in total. The molecule has 1 aromatic carbocycles. The highest BCUT2D eigenvalue weighted by atomic mass is 32.2. The quantitative estimate of drug-likeness (QED) is 0.873. The van der Waals surface area contributed by atoms with E-state index in [0.717, 1.165) is 37.7 Å². The SMILES string of the molecule is CC(C)N(Cc1ccc(C#N)cc1)[C@@H]1CN[C@H](C(=O)N2CCSC2)C1. The van der Waals surface area contributed by atoms with Gasteiger partial charge in [0.05, 0.1) is 23.6 Å². The lowest BCUT2D eigenvalue weighted by Gasteiger charge is -2.32. The fourth-order valence-electron chi connectivity index (χ4n) is 3.59. The minimum atomic E-state index is -0.0501. The van der Waals surface area contributed by atoms with Gasteiger partial charge in [-0.15, -0.1) is 11.8 Å². The van der Waals surface area contributed by atoms with Gasteiger partial charge < -0.3 is 10.2 Å². The molecule has 1 amide bonds. The molecule has 2 fully saturated rings. The zero-order chi connectivity index (χ0) is 17.8. The van der Waals surface area contributed by atoms with E-state index in [9.17, 15) is 4.79 Å². The van der Waals surface area contributed by atoms with Crippen LogP contribution in [0.3, 0.4) is 0 Å². The third kappa shape index (κ3) is 4.35. The van der Waals surface area contributed by atoms with Crippen LogP contribution in [0.15, 0.2) is 24.3 Å². The molecule has 2 aliphatic rings. The van der Waals surface area contributed by atoms with Gasteiger partial charge in [0.1, 0.15) is 0 Å². The van der Waals surface area contributed by atoms with Gasteiger partial charge in [-0.1, -0.05) is 12.1 Å². The Labute approximate surface area is 154 Å². The Bertz CT molecular complexity index is 634. The van der Waals surface area contributed by atoms with Crippen LogP contribution in [0.5, 0.6) is 0 Å². The van der Waals surface area contributed by atoms with Crippen molar-refractivity contribution in [3.63, 3.8) is 0 Å². The average molecular weight is 359 g/mol. The summed E-state index contributed by atoms with van der Waals surface area (Å²) in [5.41, 5.74) is 1.90. The second kappa shape index (κ2) is 8.22. The molecular weight excluding hydrogens is 332 g/mol. The van der Waals surface area contributed by atoms with Crippen molar-refractivity contribution < 1.29 is 4.79 Å². The number of carbonyl (C=O) groups is 1. The topological polar surface area (TPSA) is 59.4 Å². The first kappa shape index (κ1) is 18.2. The summed E-state index contributed by atoms with van der Waals surface area (Å²) in [4.78, 5) is 17.1. The van der Waals surface area contributed by atoms with Crippen molar-refractivity contribution in [2.24, 2.45) is 0 Å². The molecule has 2 aliphatic heterocycles. The Morgan fingerprint density at radius 3 is 2.80 bits per heavy atom. The number of hydrogen-bond donors (Lipinski definition) is 1. The summed E-state index contributed by atoms with van der Waals surface area (Å²) >= 11 is 1.83. The number of nitrogens with one attached hydrogen (secondary N) is 1. The molecule has 6 heteroatoms. The first-order valence-corrected chi connectivity index (χ1v) is 10.1. The molecule has 0 spiro atoms. The van der Waals surface area contributed by atoms with Crippen molar-refractivity contribution in [1.29, 1.82) is 5.26 Å². The fourth-order valence-corrected chi connectivity index (χ4v) is 4.55. The van der Waals surface area contributed by atoms with Crippen molar-refractivity contribution in [3.05, 3.63) is 35.4 Å². The van der Waals surface area contributed by atoms with Gasteiger partial charge in [-0.3, -0.25) is 9.69 Å². The molecule has 0 unspecified atom stereocenters. The minimum absolute atomic E-state index is 0.0501. The zero-order valence-electron chi connectivity index (χ0n) is 14.9. The van der Waals surface area contributed by atoms with Crippen LogP contribution >= 0.6 is 11.8 Å². The second-order valence-corrected chi connectivity index (χ2v) is 8.14. The van der Waals surface area contributed by atoms with Gasteiger partial charge in [0, 0.05) is 37.5 Å². The smallest absolute Gasteiger partial charge is 0.240 e. The third-order valence-electron chi connectivity index (χ3n) is 5.05. The molecule has 2 saturated heterocycles. The highest BCUT2D eigenvalue weighted by molar-refractivity contribution is 7.99. The average Bonchev–Trinajstić information content (AvgIpc) is 3.31. The van der Waals surface area contributed by atoms with E-state index < -0.39 is 0 Å². The molecule has 0 aliphatic carbocycles. The van der Waals surface area contributed by atoms with E-state index in [4.69, 9.17) is 5.26 Å². The van der Waals surface area contributed by atoms with Gasteiger partial charge in [-0.2, -0.15) is 5.26 Å². The standard InChI is InChI=1S/C19H26N4OS/c1-14(2)23(12-16-5-3-15(10-20)4-6-16)17-9-18(21-11-17)19(24)22-7-8-25-13-22/h3-6,14,17-18,21H,7-9,11-13H2,1-2H3/t17-,18-/m0/s1. The van der Waals surface area contributed by atoms with Gasteiger partial charge >= 0.3 is 0 Å². The maximum absolute atomic E-state index is 12.6. The van der Waals surface area contributed by atoms with Crippen LogP contribution in [0.4, 0.5) is 0 Å². The van der Waals surface area contributed by atoms with Crippen molar-refractivity contribution in [3.8, 4) is 6.07 Å². The molecule has 2 heterocycles. The van der Waals surface area contributed by atoms with Crippen LogP contribution in [-0.4, -0.2) is 58.6 Å². The number of nitriles is 1. The Morgan fingerprint density at radius 2 is 2.20 bits per heavy atom. The van der Waals surface area contributed by atoms with Crippen LogP contribution < -0.4 is 5.32 Å². The van der Waals surface area contributed by atoms with Crippen molar-refractivity contribution in [1.82, 2.24) is 15.1 Å². The number of thioether (sulfide) groups is 1. The normalized spacial score (nSPS) is 23.4. The summed E-state index contributed by atoms with van der Waals surface area (Å²) < 4.78 is 0. The van der Waals surface area contributed by atoms with Gasteiger partial charge in [0.2, 0.25) is 5.91 Å². The van der Waals surface area contributed by atoms with E-state index in [-0.39, 0.29) is 11.9 Å². The van der Waals surface area contributed by atoms with E-state index >= 15 is 0 Å². The van der Waals surface area contributed by atoms with Crippen molar-refractivity contribution >= 4 is 17.7 Å². The van der Waals surface area contributed by atoms with E-state index in [1.54, 1.807) is 0 Å². The van der Waals surface area contributed by atoms with Gasteiger partial charge in [-0.25, -0.2) is 0 Å². The van der Waals surface area contributed by atoms with E-state index in [1.165, 1.54) is 5.56 Å². The number of amides is 1. The summed E-state index contributed by atoms with van der Waals surface area (Å²) in [6, 6.07) is 10.7. The predicted molar refractivity (Wildman–Crippen MR) is 101 cm³/mol. The van der Waals surface area contributed by atoms with Crippen LogP contribution in [0.1, 0.15) is 31.4 Å². The Hall–Kier alpha value is -1.55. The molecule has 2 atom stereocenters. The Kier molecular flexibility index (Phi) is 6.00. The monoisotopic (exact) mass is 358 g/mol. The van der Waals surface area contributed by atoms with Crippen LogP contribution in [0.2, 0.25) is 0 Å². The fraction of sp³-hybridized carbons (Fsp3) is 0.579. The number of benzene rings is 1. The summed E-state index contributed by atoms with van der Waals surface area (Å²) in [5, 5.41) is 12.4. The van der Waals surface area contributed by atoms with Gasteiger partial charge in [0.15, 0.2) is 0 Å². The summed E-state index contributed by atoms with van der Waals surface area (Å²) in [5.74, 6) is 2.15. The van der Waals surface area contributed by atoms with Gasteiger partial charge in [0.25, 0.3) is 0 Å². The molecule has 0 aromatic heterocycles. The number of carbonyl (C=O) groups excluding carboxylic acids is 1. The molecule has 1 aromatic rings. The summed E-state index contributed by atoms with van der Waals surface area (Å²) in [6.45, 7) is 6.99. The maximum Gasteiger partial charge on any atom is 0.240 e. The second-order valence-electron chi connectivity index (χ2n) is 7.06. The number of nitrogens with zero attached hydrogens (tertiary/aromatic N) is 3. The number of rotatable bonds is 5. The Balaban J connectivity index is 1.62. The molecule has 5 nitrogen and oxygen atoms in total. The largest absolute Gasteiger partial charge is 0.331 e. The molecule has 134 valence electrons. The predicted octanol–water partition coefficient (Wildman–Crippen LogP) is 2.03. The third-order valence-corrected chi connectivity index (χ3v) is 6.02.